The first kappa shape index (κ1) is 33.8. The highest BCUT2D eigenvalue weighted by atomic mass is 32.2. The SMILES string of the molecule is CCCOc1ccc(/C(O)=C2/C(=O)C(=O)N(c3nnc(SCc4ccc(C)cc4)s3)C2c2ccc(OCc3ccccc3)c(OC)c2)cc1. The molecule has 1 aliphatic heterocycles. The van der Waals surface area contributed by atoms with Crippen LogP contribution in [0.1, 0.15) is 47.2 Å². The number of thioether (sulfide) groups is 1. The lowest BCUT2D eigenvalue weighted by Gasteiger charge is -2.23. The number of aryl methyl sites for hydroxylation is 1. The number of hydrogen-bond acceptors (Lipinski definition) is 10. The van der Waals surface area contributed by atoms with Crippen LogP contribution in [0.5, 0.6) is 17.2 Å². The normalized spacial score (nSPS) is 15.4. The Labute approximate surface area is 293 Å². The third kappa shape index (κ3) is 7.63. The Kier molecular flexibility index (Phi) is 10.6. The van der Waals surface area contributed by atoms with Crippen LogP contribution in [0.4, 0.5) is 5.13 Å². The molecule has 0 spiro atoms. The summed E-state index contributed by atoms with van der Waals surface area (Å²) in [6.07, 6.45) is 0.850. The molecule has 11 heteroatoms. The third-order valence-corrected chi connectivity index (χ3v) is 10.00. The minimum atomic E-state index is -1.02. The third-order valence-electron chi connectivity index (χ3n) is 7.87. The van der Waals surface area contributed by atoms with Gasteiger partial charge in [0, 0.05) is 11.3 Å². The maximum atomic E-state index is 13.8. The van der Waals surface area contributed by atoms with E-state index in [-0.39, 0.29) is 16.5 Å². The first-order chi connectivity index (χ1) is 23.9. The molecular formula is C38H35N3O6S2. The Morgan fingerprint density at radius 1 is 0.898 bits per heavy atom. The zero-order valence-electron chi connectivity index (χ0n) is 27.3. The van der Waals surface area contributed by atoms with Gasteiger partial charge in [-0.15, -0.1) is 10.2 Å². The number of rotatable bonds is 13. The van der Waals surface area contributed by atoms with Gasteiger partial charge in [-0.3, -0.25) is 14.5 Å². The van der Waals surface area contributed by atoms with Crippen molar-refractivity contribution in [1.82, 2.24) is 10.2 Å². The molecule has 1 atom stereocenters. The number of aliphatic hydroxyl groups is 1. The fourth-order valence-corrected chi connectivity index (χ4v) is 7.15. The maximum Gasteiger partial charge on any atom is 0.301 e. The summed E-state index contributed by atoms with van der Waals surface area (Å²) in [4.78, 5) is 28.9. The predicted octanol–water partition coefficient (Wildman–Crippen LogP) is 8.14. The van der Waals surface area contributed by atoms with Gasteiger partial charge in [0.05, 0.1) is 25.3 Å². The van der Waals surface area contributed by atoms with Crippen LogP contribution in [-0.2, 0) is 21.9 Å². The summed E-state index contributed by atoms with van der Waals surface area (Å²) < 4.78 is 18.1. The quantitative estimate of drug-likeness (QED) is 0.0430. The van der Waals surface area contributed by atoms with Crippen LogP contribution >= 0.6 is 23.1 Å². The average Bonchev–Trinajstić information content (AvgIpc) is 3.71. The van der Waals surface area contributed by atoms with E-state index in [4.69, 9.17) is 14.2 Å². The zero-order valence-corrected chi connectivity index (χ0v) is 28.9. The Hall–Kier alpha value is -5.13. The van der Waals surface area contributed by atoms with Crippen molar-refractivity contribution in [2.45, 2.75) is 43.0 Å². The Balaban J connectivity index is 1.37. The van der Waals surface area contributed by atoms with E-state index in [1.807, 2.05) is 44.2 Å². The maximum absolute atomic E-state index is 13.8. The van der Waals surface area contributed by atoms with Crippen molar-refractivity contribution >= 4 is 45.7 Å². The Morgan fingerprint density at radius 3 is 2.37 bits per heavy atom. The minimum Gasteiger partial charge on any atom is -0.507 e. The number of benzene rings is 4. The molecule has 4 aromatic carbocycles. The second-order valence-corrected chi connectivity index (χ2v) is 13.5. The molecule has 1 saturated heterocycles. The van der Waals surface area contributed by atoms with Crippen LogP contribution in [0.2, 0.25) is 0 Å². The van der Waals surface area contributed by atoms with Crippen LogP contribution in [-0.4, -0.2) is 40.7 Å². The van der Waals surface area contributed by atoms with E-state index < -0.39 is 17.7 Å². The first-order valence-corrected chi connectivity index (χ1v) is 17.6. The fraction of sp³-hybridized carbons (Fsp3) is 0.211. The summed E-state index contributed by atoms with van der Waals surface area (Å²) in [6, 6.07) is 28.9. The molecule has 1 unspecified atom stereocenters. The molecular weight excluding hydrogens is 659 g/mol. The van der Waals surface area contributed by atoms with Crippen molar-refractivity contribution in [1.29, 1.82) is 0 Å². The number of aromatic nitrogens is 2. The molecule has 1 amide bonds. The molecule has 2 heterocycles. The summed E-state index contributed by atoms with van der Waals surface area (Å²) in [7, 11) is 1.52. The van der Waals surface area contributed by atoms with Crippen molar-refractivity contribution < 1.29 is 28.9 Å². The number of methoxy groups -OCH3 is 1. The lowest BCUT2D eigenvalue weighted by atomic mass is 9.95. The summed E-state index contributed by atoms with van der Waals surface area (Å²) in [5.74, 6) is 0.232. The van der Waals surface area contributed by atoms with E-state index in [9.17, 15) is 14.7 Å². The predicted molar refractivity (Wildman–Crippen MR) is 191 cm³/mol. The van der Waals surface area contributed by atoms with Gasteiger partial charge < -0.3 is 19.3 Å². The molecule has 0 bridgehead atoms. The van der Waals surface area contributed by atoms with E-state index in [0.717, 1.165) is 17.5 Å². The smallest absolute Gasteiger partial charge is 0.301 e. The molecule has 49 heavy (non-hydrogen) atoms. The molecule has 0 saturated carbocycles. The second-order valence-electron chi connectivity index (χ2n) is 11.4. The van der Waals surface area contributed by atoms with Crippen molar-refractivity contribution in [3.05, 3.63) is 130 Å². The Bertz CT molecular complexity index is 1960. The summed E-state index contributed by atoms with van der Waals surface area (Å²) in [6.45, 7) is 4.92. The van der Waals surface area contributed by atoms with Gasteiger partial charge in [-0.1, -0.05) is 96.2 Å². The van der Waals surface area contributed by atoms with Gasteiger partial charge in [0.25, 0.3) is 5.78 Å². The van der Waals surface area contributed by atoms with Crippen molar-refractivity contribution in [2.24, 2.45) is 0 Å². The average molecular weight is 694 g/mol. The lowest BCUT2D eigenvalue weighted by Crippen LogP contribution is -2.29. The van der Waals surface area contributed by atoms with E-state index >= 15 is 0 Å². The summed E-state index contributed by atoms with van der Waals surface area (Å²) >= 11 is 2.70. The zero-order chi connectivity index (χ0) is 34.3. The Morgan fingerprint density at radius 2 is 1.65 bits per heavy atom. The minimum absolute atomic E-state index is 0.0729. The van der Waals surface area contributed by atoms with Gasteiger partial charge in [-0.25, -0.2) is 0 Å². The monoisotopic (exact) mass is 693 g/mol. The molecule has 250 valence electrons. The lowest BCUT2D eigenvalue weighted by molar-refractivity contribution is -0.132. The molecule has 9 nitrogen and oxygen atoms in total. The molecule has 1 fully saturated rings. The van der Waals surface area contributed by atoms with E-state index in [2.05, 4.69) is 34.5 Å². The molecule has 0 aliphatic carbocycles. The van der Waals surface area contributed by atoms with Crippen molar-refractivity contribution in [3.63, 3.8) is 0 Å². The van der Waals surface area contributed by atoms with Gasteiger partial charge in [0.2, 0.25) is 5.13 Å². The number of amides is 1. The number of carbonyl (C=O) groups excluding carboxylic acids is 2. The van der Waals surface area contributed by atoms with Gasteiger partial charge in [0.15, 0.2) is 15.8 Å². The molecule has 1 aliphatic rings. The fourth-order valence-electron chi connectivity index (χ4n) is 5.33. The van der Waals surface area contributed by atoms with Crippen molar-refractivity contribution in [3.8, 4) is 17.2 Å². The topological polar surface area (TPSA) is 111 Å². The molecule has 1 aromatic heterocycles. The molecule has 1 N–H and O–H groups in total. The standard InChI is InChI=1S/C38H35N3O6S2/c1-4-20-46-29-17-14-27(15-18-29)34(42)32-33(28-16-19-30(31(21-28)45-3)47-22-25-8-6-5-7-9-25)41(36(44)35(32)43)37-39-40-38(49-37)48-23-26-12-10-24(2)11-13-26/h5-19,21,33,42H,4,20,22-23H2,1-3H3/b34-32-. The highest BCUT2D eigenvalue weighted by molar-refractivity contribution is 8.00. The number of nitrogens with zero attached hydrogens (tertiary/aromatic N) is 3. The van der Waals surface area contributed by atoms with Crippen LogP contribution in [0.3, 0.4) is 0 Å². The van der Waals surface area contributed by atoms with Crippen LogP contribution < -0.4 is 19.1 Å². The first-order valence-electron chi connectivity index (χ1n) is 15.8. The second kappa shape index (κ2) is 15.4. The number of ketones is 1. The molecule has 0 radical (unpaired) electrons. The largest absolute Gasteiger partial charge is 0.507 e. The number of Topliss-reactive ketones (excluding diaryl/α,β-unsaturated/α-hetero) is 1. The number of anilines is 1. The van der Waals surface area contributed by atoms with Crippen molar-refractivity contribution in [2.75, 3.05) is 18.6 Å². The van der Waals surface area contributed by atoms with Crippen LogP contribution in [0, 0.1) is 6.92 Å². The number of ether oxygens (including phenoxy) is 3. The van der Waals surface area contributed by atoms with E-state index in [1.165, 1.54) is 40.7 Å². The van der Waals surface area contributed by atoms with Gasteiger partial charge in [0.1, 0.15) is 18.1 Å². The van der Waals surface area contributed by atoms with Gasteiger partial charge >= 0.3 is 5.91 Å². The summed E-state index contributed by atoms with van der Waals surface area (Å²) in [5.41, 5.74) is 4.11. The highest BCUT2D eigenvalue weighted by Crippen LogP contribution is 2.46. The number of aliphatic hydroxyl groups excluding tert-OH is 1. The molecule has 6 rings (SSSR count). The van der Waals surface area contributed by atoms with E-state index in [1.54, 1.807) is 42.5 Å². The van der Waals surface area contributed by atoms with Crippen LogP contribution in [0.15, 0.2) is 107 Å². The molecule has 5 aromatic rings. The van der Waals surface area contributed by atoms with Crippen LogP contribution in [0.25, 0.3) is 5.76 Å². The van der Waals surface area contributed by atoms with E-state index in [0.29, 0.717) is 51.7 Å². The highest BCUT2D eigenvalue weighted by Gasteiger charge is 2.48. The van der Waals surface area contributed by atoms with Gasteiger partial charge in [-0.2, -0.15) is 0 Å². The van der Waals surface area contributed by atoms with Gasteiger partial charge in [-0.05, 0) is 66.4 Å². The number of hydrogen-bond donors (Lipinski definition) is 1. The summed E-state index contributed by atoms with van der Waals surface area (Å²) in [5, 5.41) is 20.6. The number of carbonyl (C=O) groups is 2.